The first-order valence-electron chi connectivity index (χ1n) is 9.02. The van der Waals surface area contributed by atoms with Crippen LogP contribution in [0, 0.1) is 0 Å². The summed E-state index contributed by atoms with van der Waals surface area (Å²) in [6.07, 6.45) is 0. The third-order valence-electron chi connectivity index (χ3n) is 4.39. The molecule has 0 saturated carbocycles. The van der Waals surface area contributed by atoms with Crippen LogP contribution >= 0.6 is 15.9 Å². The van der Waals surface area contributed by atoms with E-state index in [2.05, 4.69) is 26.6 Å². The zero-order chi connectivity index (χ0) is 20.2. The van der Waals surface area contributed by atoms with Crippen LogP contribution in [0.15, 0.2) is 87.8 Å². The molecule has 0 radical (unpaired) electrons. The number of carbonyl (C=O) groups is 2. The average molecular weight is 449 g/mol. The van der Waals surface area contributed by atoms with Crippen LogP contribution in [0.5, 0.6) is 0 Å². The molecular formula is C23H17BrN2O3. The molecule has 0 saturated heterocycles. The Morgan fingerprint density at radius 2 is 1.66 bits per heavy atom. The number of hydrogen-bond acceptors (Lipinski definition) is 3. The van der Waals surface area contributed by atoms with E-state index in [-0.39, 0.29) is 24.1 Å². The molecule has 0 aliphatic rings. The lowest BCUT2D eigenvalue weighted by atomic mass is 10.1. The topological polar surface area (TPSA) is 71.3 Å². The number of nitrogens with one attached hydrogen (secondary N) is 2. The Morgan fingerprint density at radius 1 is 0.862 bits per heavy atom. The molecule has 29 heavy (non-hydrogen) atoms. The smallest absolute Gasteiger partial charge is 0.287 e. The average Bonchev–Trinajstić information content (AvgIpc) is 3.19. The zero-order valence-electron chi connectivity index (χ0n) is 15.3. The maximum atomic E-state index is 12.5. The fourth-order valence-electron chi connectivity index (χ4n) is 2.96. The van der Waals surface area contributed by atoms with Gasteiger partial charge in [0.1, 0.15) is 5.58 Å². The van der Waals surface area contributed by atoms with Gasteiger partial charge in [-0.3, -0.25) is 9.59 Å². The van der Waals surface area contributed by atoms with Crippen molar-refractivity contribution in [2.24, 2.45) is 0 Å². The molecular weight excluding hydrogens is 432 g/mol. The maximum absolute atomic E-state index is 12.5. The highest BCUT2D eigenvalue weighted by atomic mass is 79.9. The number of anilines is 1. The van der Waals surface area contributed by atoms with Gasteiger partial charge in [-0.2, -0.15) is 0 Å². The summed E-state index contributed by atoms with van der Waals surface area (Å²) in [5, 5.41) is 6.53. The summed E-state index contributed by atoms with van der Waals surface area (Å²) in [5.74, 6) is -0.274. The van der Waals surface area contributed by atoms with E-state index in [1.807, 2.05) is 54.6 Å². The molecule has 144 valence electrons. The minimum absolute atomic E-state index is 0.202. The molecule has 4 rings (SSSR count). The van der Waals surface area contributed by atoms with Crippen molar-refractivity contribution in [3.05, 3.63) is 100 Å². The predicted octanol–water partition coefficient (Wildman–Crippen LogP) is 5.38. The summed E-state index contributed by atoms with van der Waals surface area (Å²) >= 11 is 3.42. The van der Waals surface area contributed by atoms with Gasteiger partial charge in [0.05, 0.1) is 4.47 Å². The number of amides is 2. The number of rotatable bonds is 5. The maximum Gasteiger partial charge on any atom is 0.287 e. The summed E-state index contributed by atoms with van der Waals surface area (Å²) < 4.78 is 6.45. The Morgan fingerprint density at radius 3 is 2.45 bits per heavy atom. The molecule has 0 fully saturated rings. The highest BCUT2D eigenvalue weighted by Crippen LogP contribution is 2.26. The van der Waals surface area contributed by atoms with Gasteiger partial charge in [-0.25, -0.2) is 0 Å². The van der Waals surface area contributed by atoms with Crippen molar-refractivity contribution in [2.45, 2.75) is 6.54 Å². The SMILES string of the molecule is O=C(Nc1ccccc1)c1cccc(CNC(=O)c2cc3cccc(Br)c3o2)c1. The molecule has 6 heteroatoms. The molecule has 0 unspecified atom stereocenters. The van der Waals surface area contributed by atoms with Gasteiger partial charge in [0, 0.05) is 23.2 Å². The summed E-state index contributed by atoms with van der Waals surface area (Å²) in [5.41, 5.74) is 2.70. The number of furan rings is 1. The van der Waals surface area contributed by atoms with Crippen molar-refractivity contribution in [1.29, 1.82) is 0 Å². The Labute approximate surface area is 175 Å². The van der Waals surface area contributed by atoms with Crippen molar-refractivity contribution in [2.75, 3.05) is 5.32 Å². The first kappa shape index (κ1) is 19.0. The highest BCUT2D eigenvalue weighted by Gasteiger charge is 2.14. The van der Waals surface area contributed by atoms with Crippen LogP contribution in [0.25, 0.3) is 11.0 Å². The second-order valence-electron chi connectivity index (χ2n) is 6.47. The summed E-state index contributed by atoms with van der Waals surface area (Å²) in [7, 11) is 0. The highest BCUT2D eigenvalue weighted by molar-refractivity contribution is 9.10. The molecule has 0 aliphatic heterocycles. The van der Waals surface area contributed by atoms with Gasteiger partial charge in [-0.15, -0.1) is 0 Å². The van der Waals surface area contributed by atoms with Gasteiger partial charge in [0.2, 0.25) is 0 Å². The van der Waals surface area contributed by atoms with E-state index in [4.69, 9.17) is 4.42 Å². The number of fused-ring (bicyclic) bond motifs is 1. The van der Waals surface area contributed by atoms with Crippen LogP contribution in [-0.4, -0.2) is 11.8 Å². The number of carbonyl (C=O) groups excluding carboxylic acids is 2. The van der Waals surface area contributed by atoms with Gasteiger partial charge in [-0.1, -0.05) is 42.5 Å². The normalized spacial score (nSPS) is 10.7. The van der Waals surface area contributed by atoms with E-state index >= 15 is 0 Å². The van der Waals surface area contributed by atoms with Crippen LogP contribution in [0.2, 0.25) is 0 Å². The van der Waals surface area contributed by atoms with Gasteiger partial charge >= 0.3 is 0 Å². The lowest BCUT2D eigenvalue weighted by Gasteiger charge is -2.08. The van der Waals surface area contributed by atoms with E-state index in [1.165, 1.54) is 0 Å². The first-order chi connectivity index (χ1) is 14.1. The summed E-state index contributed by atoms with van der Waals surface area (Å²) in [4.78, 5) is 24.9. The van der Waals surface area contributed by atoms with E-state index < -0.39 is 0 Å². The second kappa shape index (κ2) is 8.32. The summed E-state index contributed by atoms with van der Waals surface area (Å²) in [6, 6.07) is 23.7. The second-order valence-corrected chi connectivity index (χ2v) is 7.33. The van der Waals surface area contributed by atoms with Crippen molar-refractivity contribution < 1.29 is 14.0 Å². The van der Waals surface area contributed by atoms with Crippen molar-refractivity contribution in [3.8, 4) is 0 Å². The molecule has 1 heterocycles. The fraction of sp³-hybridized carbons (Fsp3) is 0.0435. The summed E-state index contributed by atoms with van der Waals surface area (Å²) in [6.45, 7) is 0.281. The van der Waals surface area contributed by atoms with E-state index in [9.17, 15) is 9.59 Å². The van der Waals surface area contributed by atoms with Crippen molar-refractivity contribution >= 4 is 44.4 Å². The predicted molar refractivity (Wildman–Crippen MR) is 116 cm³/mol. The number of halogens is 1. The molecule has 0 spiro atoms. The molecule has 0 aliphatic carbocycles. The number of para-hydroxylation sites is 2. The molecule has 0 atom stereocenters. The van der Waals surface area contributed by atoms with Gasteiger partial charge in [0.15, 0.2) is 5.76 Å². The van der Waals surface area contributed by atoms with E-state index in [1.54, 1.807) is 24.3 Å². The fourth-order valence-corrected chi connectivity index (χ4v) is 3.42. The van der Waals surface area contributed by atoms with E-state index in [0.717, 1.165) is 21.1 Å². The van der Waals surface area contributed by atoms with Gasteiger partial charge in [-0.05, 0) is 57.9 Å². The van der Waals surface area contributed by atoms with Crippen LogP contribution in [0.3, 0.4) is 0 Å². The van der Waals surface area contributed by atoms with Crippen LogP contribution in [-0.2, 0) is 6.54 Å². The Hall–Kier alpha value is -3.38. The molecule has 4 aromatic rings. The quantitative estimate of drug-likeness (QED) is 0.430. The Balaban J connectivity index is 1.43. The standard InChI is InChI=1S/C23H17BrN2O3/c24-19-11-5-7-16-13-20(29-21(16)19)23(28)25-14-15-6-4-8-17(12-15)22(27)26-18-9-2-1-3-10-18/h1-13H,14H2,(H,25,28)(H,26,27). The molecule has 2 N–H and O–H groups in total. The van der Waals surface area contributed by atoms with Gasteiger partial charge in [0.25, 0.3) is 11.8 Å². The molecule has 5 nitrogen and oxygen atoms in total. The molecule has 0 bridgehead atoms. The monoisotopic (exact) mass is 448 g/mol. The molecule has 2 amide bonds. The van der Waals surface area contributed by atoms with Crippen LogP contribution < -0.4 is 10.6 Å². The van der Waals surface area contributed by atoms with Crippen LogP contribution in [0.1, 0.15) is 26.5 Å². The van der Waals surface area contributed by atoms with Crippen LogP contribution in [0.4, 0.5) is 5.69 Å². The van der Waals surface area contributed by atoms with Crippen molar-refractivity contribution in [3.63, 3.8) is 0 Å². The lowest BCUT2D eigenvalue weighted by molar-refractivity contribution is 0.0925. The largest absolute Gasteiger partial charge is 0.450 e. The Bertz CT molecular complexity index is 1190. The third-order valence-corrected chi connectivity index (χ3v) is 5.02. The lowest BCUT2D eigenvalue weighted by Crippen LogP contribution is -2.22. The molecule has 1 aromatic heterocycles. The Kier molecular flexibility index (Phi) is 5.44. The van der Waals surface area contributed by atoms with Crippen molar-refractivity contribution in [1.82, 2.24) is 5.32 Å². The molecule has 3 aromatic carbocycles. The van der Waals surface area contributed by atoms with Gasteiger partial charge < -0.3 is 15.1 Å². The zero-order valence-corrected chi connectivity index (χ0v) is 16.9. The third kappa shape index (κ3) is 4.38. The minimum Gasteiger partial charge on any atom is -0.450 e. The first-order valence-corrected chi connectivity index (χ1v) is 9.81. The number of benzene rings is 3. The number of hydrogen-bond donors (Lipinski definition) is 2. The minimum atomic E-state index is -0.313. The van der Waals surface area contributed by atoms with E-state index in [0.29, 0.717) is 11.1 Å².